The summed E-state index contributed by atoms with van der Waals surface area (Å²) in [5.41, 5.74) is 7.46. The minimum atomic E-state index is 0.0826. The molecule has 0 aliphatic rings. The number of ether oxygens (including phenoxy) is 1. The molecule has 1 aromatic rings. The van der Waals surface area contributed by atoms with Gasteiger partial charge in [-0.2, -0.15) is 0 Å². The minimum Gasteiger partial charge on any atom is -0.495 e. The molecule has 2 N–H and O–H groups in total. The van der Waals surface area contributed by atoms with Gasteiger partial charge in [0.05, 0.1) is 12.8 Å². The van der Waals surface area contributed by atoms with Crippen molar-refractivity contribution in [3.05, 3.63) is 49.1 Å². The van der Waals surface area contributed by atoms with Gasteiger partial charge in [-0.1, -0.05) is 18.2 Å². The summed E-state index contributed by atoms with van der Waals surface area (Å²) in [5, 5.41) is 0. The van der Waals surface area contributed by atoms with Crippen molar-refractivity contribution in [3.63, 3.8) is 0 Å². The highest BCUT2D eigenvalue weighted by Gasteiger charge is 2.11. The predicted molar refractivity (Wildman–Crippen MR) is 82.7 cm³/mol. The van der Waals surface area contributed by atoms with Crippen molar-refractivity contribution in [3.8, 4) is 5.75 Å². The van der Waals surface area contributed by atoms with E-state index in [4.69, 9.17) is 10.5 Å². The van der Waals surface area contributed by atoms with Crippen LogP contribution in [-0.2, 0) is 11.2 Å². The van der Waals surface area contributed by atoms with E-state index in [9.17, 15) is 4.79 Å². The fraction of sp³-hybridized carbons (Fsp3) is 0.312. The van der Waals surface area contributed by atoms with Crippen LogP contribution >= 0.6 is 0 Å². The Morgan fingerprint density at radius 1 is 1.35 bits per heavy atom. The second kappa shape index (κ2) is 8.04. The number of amides is 1. The van der Waals surface area contributed by atoms with Gasteiger partial charge in [0.1, 0.15) is 5.75 Å². The molecule has 4 heteroatoms. The Morgan fingerprint density at radius 3 is 2.50 bits per heavy atom. The van der Waals surface area contributed by atoms with E-state index in [1.807, 2.05) is 18.2 Å². The summed E-state index contributed by atoms with van der Waals surface area (Å²) in [6.07, 6.45) is 4.52. The van der Waals surface area contributed by atoms with Crippen LogP contribution in [0, 0.1) is 0 Å². The highest BCUT2D eigenvalue weighted by atomic mass is 16.5. The number of hydrogen-bond donors (Lipinski definition) is 1. The molecular weight excluding hydrogens is 252 g/mol. The van der Waals surface area contributed by atoms with Crippen molar-refractivity contribution in [1.29, 1.82) is 0 Å². The van der Waals surface area contributed by atoms with Gasteiger partial charge >= 0.3 is 0 Å². The standard InChI is InChI=1S/C16H22N2O2/c1-4-10-18(11-5-2)16(19)9-7-13-6-8-15(20-3)14(17)12-13/h4-6,8,12H,1-2,7,9-11,17H2,3H3. The molecule has 1 amide bonds. The number of carbonyl (C=O) groups is 1. The Labute approximate surface area is 120 Å². The summed E-state index contributed by atoms with van der Waals surface area (Å²) in [4.78, 5) is 13.8. The molecule has 0 aliphatic carbocycles. The average Bonchev–Trinajstić information content (AvgIpc) is 2.44. The lowest BCUT2D eigenvalue weighted by Crippen LogP contribution is -2.31. The Balaban J connectivity index is 2.61. The number of rotatable bonds is 8. The topological polar surface area (TPSA) is 55.6 Å². The van der Waals surface area contributed by atoms with Crippen LogP contribution in [0.1, 0.15) is 12.0 Å². The number of methoxy groups -OCH3 is 1. The van der Waals surface area contributed by atoms with Gasteiger partial charge in [-0.3, -0.25) is 4.79 Å². The summed E-state index contributed by atoms with van der Waals surface area (Å²) in [5.74, 6) is 0.735. The van der Waals surface area contributed by atoms with Crippen LogP contribution < -0.4 is 10.5 Å². The lowest BCUT2D eigenvalue weighted by molar-refractivity contribution is -0.130. The second-order valence-electron chi connectivity index (χ2n) is 4.45. The van der Waals surface area contributed by atoms with Gasteiger partial charge in [0.25, 0.3) is 0 Å². The van der Waals surface area contributed by atoms with Gasteiger partial charge in [-0.25, -0.2) is 0 Å². The third-order valence-corrected chi connectivity index (χ3v) is 2.97. The number of benzene rings is 1. The van der Waals surface area contributed by atoms with E-state index in [2.05, 4.69) is 13.2 Å². The highest BCUT2D eigenvalue weighted by Crippen LogP contribution is 2.22. The van der Waals surface area contributed by atoms with E-state index >= 15 is 0 Å². The van der Waals surface area contributed by atoms with E-state index in [1.165, 1.54) is 0 Å². The van der Waals surface area contributed by atoms with Gasteiger partial charge in [0, 0.05) is 19.5 Å². The molecule has 0 unspecified atom stereocenters. The highest BCUT2D eigenvalue weighted by molar-refractivity contribution is 5.76. The molecule has 1 rings (SSSR count). The third kappa shape index (κ3) is 4.46. The van der Waals surface area contributed by atoms with Crippen LogP contribution in [0.4, 0.5) is 5.69 Å². The Hall–Kier alpha value is -2.23. The molecule has 0 fully saturated rings. The first-order valence-electron chi connectivity index (χ1n) is 6.54. The van der Waals surface area contributed by atoms with Crippen LogP contribution in [-0.4, -0.2) is 31.0 Å². The molecule has 0 saturated carbocycles. The lowest BCUT2D eigenvalue weighted by Gasteiger charge is -2.19. The van der Waals surface area contributed by atoms with Crippen LogP contribution in [0.3, 0.4) is 0 Å². The number of nitrogens with two attached hydrogens (primary N) is 1. The van der Waals surface area contributed by atoms with Gasteiger partial charge in [0.2, 0.25) is 5.91 Å². The van der Waals surface area contributed by atoms with Crippen LogP contribution in [0.25, 0.3) is 0 Å². The maximum Gasteiger partial charge on any atom is 0.223 e. The molecule has 20 heavy (non-hydrogen) atoms. The zero-order chi connectivity index (χ0) is 15.0. The van der Waals surface area contributed by atoms with Crippen molar-refractivity contribution in [1.82, 2.24) is 4.90 Å². The normalized spacial score (nSPS) is 9.85. The second-order valence-corrected chi connectivity index (χ2v) is 4.45. The Kier molecular flexibility index (Phi) is 6.37. The molecule has 0 atom stereocenters. The minimum absolute atomic E-state index is 0.0826. The molecule has 0 spiro atoms. The largest absolute Gasteiger partial charge is 0.495 e. The molecule has 0 radical (unpaired) electrons. The van der Waals surface area contributed by atoms with E-state index in [0.717, 1.165) is 5.56 Å². The number of nitrogens with zero attached hydrogens (tertiary/aromatic N) is 1. The Morgan fingerprint density at radius 2 is 2.00 bits per heavy atom. The maximum atomic E-state index is 12.1. The van der Waals surface area contributed by atoms with Crippen LogP contribution in [0.15, 0.2) is 43.5 Å². The summed E-state index contributed by atoms with van der Waals surface area (Å²) in [7, 11) is 1.58. The van der Waals surface area contributed by atoms with Crippen molar-refractivity contribution in [2.75, 3.05) is 25.9 Å². The zero-order valence-electron chi connectivity index (χ0n) is 12.0. The van der Waals surface area contributed by atoms with E-state index < -0.39 is 0 Å². The van der Waals surface area contributed by atoms with Crippen LogP contribution in [0.2, 0.25) is 0 Å². The molecule has 1 aromatic carbocycles. The Bertz CT molecular complexity index is 473. The van der Waals surface area contributed by atoms with Gasteiger partial charge in [-0.15, -0.1) is 13.2 Å². The fourth-order valence-corrected chi connectivity index (χ4v) is 1.94. The van der Waals surface area contributed by atoms with Gasteiger partial charge in [0.15, 0.2) is 0 Å². The predicted octanol–water partition coefficient (Wildman–Crippen LogP) is 2.41. The van der Waals surface area contributed by atoms with Crippen molar-refractivity contribution in [2.24, 2.45) is 0 Å². The van der Waals surface area contributed by atoms with Crippen molar-refractivity contribution >= 4 is 11.6 Å². The average molecular weight is 274 g/mol. The van der Waals surface area contributed by atoms with Gasteiger partial charge in [-0.05, 0) is 24.1 Å². The summed E-state index contributed by atoms with van der Waals surface area (Å²) in [6, 6.07) is 5.59. The molecule has 0 bridgehead atoms. The number of nitrogen functional groups attached to an aromatic ring is 1. The molecule has 0 aliphatic heterocycles. The first-order chi connectivity index (χ1) is 9.62. The summed E-state index contributed by atoms with van der Waals surface area (Å²) in [6.45, 7) is 8.39. The van der Waals surface area contributed by atoms with E-state index in [0.29, 0.717) is 37.4 Å². The van der Waals surface area contributed by atoms with E-state index in [-0.39, 0.29) is 5.91 Å². The first kappa shape index (κ1) is 15.8. The first-order valence-corrected chi connectivity index (χ1v) is 6.54. The van der Waals surface area contributed by atoms with Crippen molar-refractivity contribution < 1.29 is 9.53 Å². The molecule has 0 aromatic heterocycles. The summed E-state index contributed by atoms with van der Waals surface area (Å²) < 4.78 is 5.11. The van der Waals surface area contributed by atoms with Crippen molar-refractivity contribution in [2.45, 2.75) is 12.8 Å². The fourth-order valence-electron chi connectivity index (χ4n) is 1.94. The van der Waals surface area contributed by atoms with Gasteiger partial charge < -0.3 is 15.4 Å². The quantitative estimate of drug-likeness (QED) is 0.585. The molecule has 108 valence electrons. The smallest absolute Gasteiger partial charge is 0.223 e. The summed E-state index contributed by atoms with van der Waals surface area (Å²) >= 11 is 0. The third-order valence-electron chi connectivity index (χ3n) is 2.97. The number of aryl methyl sites for hydroxylation is 1. The van der Waals surface area contributed by atoms with Crippen LogP contribution in [0.5, 0.6) is 5.75 Å². The number of hydrogen-bond acceptors (Lipinski definition) is 3. The molecule has 0 saturated heterocycles. The molecule has 0 heterocycles. The molecular formula is C16H22N2O2. The number of carbonyl (C=O) groups excluding carboxylic acids is 1. The van der Waals surface area contributed by atoms with E-state index in [1.54, 1.807) is 24.2 Å². The monoisotopic (exact) mass is 274 g/mol. The lowest BCUT2D eigenvalue weighted by atomic mass is 10.1. The maximum absolute atomic E-state index is 12.1. The number of anilines is 1. The SMILES string of the molecule is C=CCN(CC=C)C(=O)CCc1ccc(OC)c(N)c1. The zero-order valence-corrected chi connectivity index (χ0v) is 12.0. The molecule has 4 nitrogen and oxygen atoms in total.